The molecule has 0 aliphatic heterocycles. The first kappa shape index (κ1) is 8.68. The summed E-state index contributed by atoms with van der Waals surface area (Å²) in [6.45, 7) is 0. The highest BCUT2D eigenvalue weighted by atomic mass is 17.1. The third-order valence-electron chi connectivity index (χ3n) is 0.340. The zero-order chi connectivity index (χ0) is 7.28. The SMILES string of the molecule is CN([O-])ONN([O-])ON. The fourth-order valence-electron chi connectivity index (χ4n) is 0.112. The van der Waals surface area contributed by atoms with Gasteiger partial charge in [-0.3, -0.25) is 0 Å². The summed E-state index contributed by atoms with van der Waals surface area (Å²) in [5.41, 5.74) is 1.48. The van der Waals surface area contributed by atoms with Gasteiger partial charge >= 0.3 is 0 Å². The van der Waals surface area contributed by atoms with Crippen LogP contribution in [0.25, 0.3) is 0 Å². The van der Waals surface area contributed by atoms with E-state index in [-0.39, 0.29) is 10.6 Å². The molecule has 0 spiro atoms. The molecule has 0 bridgehead atoms. The number of rotatable bonds is 4. The Morgan fingerprint density at radius 3 is 2.44 bits per heavy atom. The van der Waals surface area contributed by atoms with Crippen molar-refractivity contribution in [2.75, 3.05) is 7.05 Å². The van der Waals surface area contributed by atoms with Crippen LogP contribution in [0.3, 0.4) is 0 Å². The van der Waals surface area contributed by atoms with Gasteiger partial charge in [0.2, 0.25) is 0 Å². The van der Waals surface area contributed by atoms with Crippen LogP contribution in [0, 0.1) is 10.4 Å². The van der Waals surface area contributed by atoms with Crippen molar-refractivity contribution in [1.82, 2.24) is 16.2 Å². The first-order valence-electron chi connectivity index (χ1n) is 1.84. The molecule has 0 saturated carbocycles. The molecule has 0 aromatic heterocycles. The standard InChI is InChI=1S/CH6N4O4/c1-4(6)9-3-5(7)8-2/h3H,2H2,1H3/q-2. The molecule has 0 aliphatic rings. The molecular formula is CH6N4O4-2. The van der Waals surface area contributed by atoms with Gasteiger partial charge in [-0.05, 0) is 0 Å². The lowest BCUT2D eigenvalue weighted by atomic mass is 11.5. The maximum Gasteiger partial charge on any atom is 0.00111 e. The van der Waals surface area contributed by atoms with Crippen LogP contribution in [0.1, 0.15) is 0 Å². The minimum atomic E-state index is -0.339. The Hall–Kier alpha value is -0.320. The fraction of sp³-hybridized carbons (Fsp3) is 1.00. The largest absolute Gasteiger partial charge is 0.761 e. The monoisotopic (exact) mass is 138 g/mol. The second kappa shape index (κ2) is 4.55. The highest BCUT2D eigenvalue weighted by Gasteiger charge is 1.83. The Kier molecular flexibility index (Phi) is 4.39. The molecule has 0 fully saturated rings. The van der Waals surface area contributed by atoms with Crippen LogP contribution in [0.15, 0.2) is 0 Å². The fourth-order valence-corrected chi connectivity index (χ4v) is 0.112. The summed E-state index contributed by atoms with van der Waals surface area (Å²) in [6, 6.07) is 0. The van der Waals surface area contributed by atoms with Gasteiger partial charge in [-0.25, -0.2) is 15.1 Å². The number of hydrogen-bond donors (Lipinski definition) is 2. The summed E-state index contributed by atoms with van der Waals surface area (Å²) in [5, 5.41) is 19.4. The number of hydrogen-bond acceptors (Lipinski definition) is 8. The molecule has 0 unspecified atom stereocenters. The van der Waals surface area contributed by atoms with Crippen molar-refractivity contribution in [3.63, 3.8) is 0 Å². The van der Waals surface area contributed by atoms with Gasteiger partial charge in [-0.2, -0.15) is 5.90 Å². The summed E-state index contributed by atoms with van der Waals surface area (Å²) < 4.78 is 0. The van der Waals surface area contributed by atoms with Crippen molar-refractivity contribution >= 4 is 0 Å². The molecule has 9 heavy (non-hydrogen) atoms. The first-order chi connectivity index (χ1) is 4.16. The normalized spacial score (nSPS) is 11.3. The van der Waals surface area contributed by atoms with Crippen LogP contribution in [0.2, 0.25) is 0 Å². The third kappa shape index (κ3) is 5.55. The smallest absolute Gasteiger partial charge is 0.00111 e. The second-order valence-electron chi connectivity index (χ2n) is 0.985. The van der Waals surface area contributed by atoms with Gasteiger partial charge in [0.1, 0.15) is 0 Å². The van der Waals surface area contributed by atoms with Crippen LogP contribution >= 0.6 is 0 Å². The zero-order valence-corrected chi connectivity index (χ0v) is 4.60. The lowest BCUT2D eigenvalue weighted by Gasteiger charge is -2.28. The maximum absolute atomic E-state index is 9.88. The van der Waals surface area contributed by atoms with Gasteiger partial charge in [0.25, 0.3) is 0 Å². The van der Waals surface area contributed by atoms with Gasteiger partial charge in [-0.1, -0.05) is 0 Å². The first-order valence-corrected chi connectivity index (χ1v) is 1.84. The van der Waals surface area contributed by atoms with Gasteiger partial charge < -0.3 is 10.4 Å². The van der Waals surface area contributed by atoms with E-state index in [1.54, 1.807) is 0 Å². The number of hydroxylamine groups is 2. The topological polar surface area (TPSA) is 109 Å². The van der Waals surface area contributed by atoms with E-state index >= 15 is 0 Å². The van der Waals surface area contributed by atoms with Crippen LogP contribution < -0.4 is 11.5 Å². The van der Waals surface area contributed by atoms with Crippen molar-refractivity contribution in [3.05, 3.63) is 10.4 Å². The predicted octanol–water partition coefficient (Wildman–Crippen LogP) is -1.63. The van der Waals surface area contributed by atoms with Gasteiger partial charge in [0.15, 0.2) is 0 Å². The molecule has 3 N–H and O–H groups in total. The number of hydrazine groups is 1. The van der Waals surface area contributed by atoms with Gasteiger partial charge in [0, 0.05) is 7.05 Å². The van der Waals surface area contributed by atoms with Crippen LogP contribution in [0.4, 0.5) is 0 Å². The summed E-state index contributed by atoms with van der Waals surface area (Å²) in [6.07, 6.45) is 0. The van der Waals surface area contributed by atoms with Gasteiger partial charge in [-0.15, -0.1) is 10.9 Å². The Labute approximate surface area is 50.7 Å². The maximum atomic E-state index is 9.88. The van der Waals surface area contributed by atoms with Crippen molar-refractivity contribution in [1.29, 1.82) is 0 Å². The van der Waals surface area contributed by atoms with Crippen molar-refractivity contribution in [2.24, 2.45) is 5.90 Å². The Bertz CT molecular complexity index is 67.6. The molecule has 56 valence electrons. The average Bonchev–Trinajstić information content (AvgIpc) is 1.83. The molecule has 8 heteroatoms. The molecule has 0 rings (SSSR count). The van der Waals surface area contributed by atoms with E-state index in [0.717, 1.165) is 7.05 Å². The molecule has 0 aromatic carbocycles. The van der Waals surface area contributed by atoms with E-state index in [1.165, 1.54) is 5.59 Å². The summed E-state index contributed by atoms with van der Waals surface area (Å²) in [4.78, 5) is 7.31. The lowest BCUT2D eigenvalue weighted by molar-refractivity contribution is -0.306. The Balaban J connectivity index is 3.06. The molecule has 0 amide bonds. The van der Waals surface area contributed by atoms with Crippen molar-refractivity contribution in [2.45, 2.75) is 0 Å². The van der Waals surface area contributed by atoms with E-state index in [1.807, 2.05) is 0 Å². The van der Waals surface area contributed by atoms with Crippen LogP contribution in [-0.4, -0.2) is 17.6 Å². The van der Waals surface area contributed by atoms with E-state index < -0.39 is 0 Å². The summed E-state index contributed by atoms with van der Waals surface area (Å²) >= 11 is 0. The molecule has 0 saturated heterocycles. The molecule has 0 aliphatic carbocycles. The molecule has 0 radical (unpaired) electrons. The number of nitrogens with two attached hydrogens (primary N) is 1. The summed E-state index contributed by atoms with van der Waals surface area (Å²) in [7, 11) is 1.03. The highest BCUT2D eigenvalue weighted by Crippen LogP contribution is 1.76. The van der Waals surface area contributed by atoms with E-state index in [4.69, 9.17) is 0 Å². The molecule has 8 nitrogen and oxygen atoms in total. The zero-order valence-electron chi connectivity index (χ0n) is 4.60. The second-order valence-corrected chi connectivity index (χ2v) is 0.985. The minimum absolute atomic E-state index is 0.00389. The highest BCUT2D eigenvalue weighted by molar-refractivity contribution is 4.22. The molecular weight excluding hydrogens is 132 g/mol. The number of nitrogens with one attached hydrogen (secondary N) is 1. The van der Waals surface area contributed by atoms with Gasteiger partial charge in [0.05, 0.1) is 0 Å². The Morgan fingerprint density at radius 1 is 1.56 bits per heavy atom. The molecule has 0 heterocycles. The average molecular weight is 138 g/mol. The minimum Gasteiger partial charge on any atom is -0.761 e. The van der Waals surface area contributed by atoms with Crippen LogP contribution in [-0.2, 0) is 9.88 Å². The van der Waals surface area contributed by atoms with Crippen molar-refractivity contribution in [3.8, 4) is 0 Å². The van der Waals surface area contributed by atoms with E-state index in [2.05, 4.69) is 15.8 Å². The molecule has 0 atom stereocenters. The number of nitrogens with zero attached hydrogens (tertiary/aromatic N) is 2. The lowest BCUT2D eigenvalue weighted by Crippen LogP contribution is -2.38. The van der Waals surface area contributed by atoms with Crippen LogP contribution in [0.5, 0.6) is 0 Å². The Morgan fingerprint density at radius 2 is 2.11 bits per heavy atom. The van der Waals surface area contributed by atoms with E-state index in [9.17, 15) is 10.4 Å². The molecule has 0 aromatic rings. The summed E-state index contributed by atoms with van der Waals surface area (Å²) in [5.74, 6) is 4.31. The van der Waals surface area contributed by atoms with Crippen molar-refractivity contribution < 1.29 is 9.88 Å². The van der Waals surface area contributed by atoms with E-state index in [0.29, 0.717) is 0 Å². The predicted molar refractivity (Wildman–Crippen MR) is 25.8 cm³/mol. The quantitative estimate of drug-likeness (QED) is 0.445. The third-order valence-corrected chi connectivity index (χ3v) is 0.340.